The smallest absolute Gasteiger partial charge is 0.187 e. The lowest BCUT2D eigenvalue weighted by molar-refractivity contribution is 1.07. The van der Waals surface area contributed by atoms with Crippen molar-refractivity contribution in [2.75, 3.05) is 0 Å². The van der Waals surface area contributed by atoms with Crippen LogP contribution >= 0.6 is 0 Å². The maximum absolute atomic E-state index is 7.18. The van der Waals surface area contributed by atoms with Gasteiger partial charge in [-0.15, -0.1) is 0 Å². The SMILES string of the molecule is [C-]#[N+]c1ccc(-c2ccc(-c3ccc4c(-c5ccc(-c6nc(-c7ccccc7)nc(-c7ccccc7)n6)cc5)cccc4c3)cc2)cc1. The van der Waals surface area contributed by atoms with Gasteiger partial charge in [0.15, 0.2) is 23.2 Å². The highest BCUT2D eigenvalue weighted by Crippen LogP contribution is 2.34. The molecule has 224 valence electrons. The lowest BCUT2D eigenvalue weighted by atomic mass is 9.94. The van der Waals surface area contributed by atoms with Crippen LogP contribution in [-0.2, 0) is 0 Å². The number of hydrogen-bond acceptors (Lipinski definition) is 3. The summed E-state index contributed by atoms with van der Waals surface area (Å²) < 4.78 is 0. The van der Waals surface area contributed by atoms with Crippen LogP contribution < -0.4 is 0 Å². The fourth-order valence-electron chi connectivity index (χ4n) is 6.04. The summed E-state index contributed by atoms with van der Waals surface area (Å²) in [5.74, 6) is 1.94. The van der Waals surface area contributed by atoms with E-state index in [0.29, 0.717) is 23.2 Å². The standard InChI is InChI=1S/C44H28N4/c1-45-39-26-23-31(24-27-39)30-15-17-32(18-16-30)37-25-28-41-38(29-37)13-8-14-40(41)33-19-21-36(22-20-33)44-47-42(34-9-4-2-5-10-34)46-43(48-44)35-11-6-3-7-12-35/h2-29H. The zero-order chi connectivity index (χ0) is 32.3. The summed E-state index contributed by atoms with van der Waals surface area (Å²) in [5.41, 5.74) is 10.4. The highest BCUT2D eigenvalue weighted by atomic mass is 15.0. The number of rotatable bonds is 6. The second kappa shape index (κ2) is 12.6. The predicted molar refractivity (Wildman–Crippen MR) is 196 cm³/mol. The van der Waals surface area contributed by atoms with Crippen molar-refractivity contribution in [2.45, 2.75) is 0 Å². The van der Waals surface area contributed by atoms with Gasteiger partial charge in [-0.3, -0.25) is 0 Å². The third-order valence-electron chi connectivity index (χ3n) is 8.58. The highest BCUT2D eigenvalue weighted by Gasteiger charge is 2.13. The molecule has 4 nitrogen and oxygen atoms in total. The Labute approximate surface area is 279 Å². The van der Waals surface area contributed by atoms with Crippen molar-refractivity contribution in [3.05, 3.63) is 181 Å². The summed E-state index contributed by atoms with van der Waals surface area (Å²) in [6.07, 6.45) is 0. The van der Waals surface area contributed by atoms with Gasteiger partial charge in [0.05, 0.1) is 6.57 Å². The summed E-state index contributed by atoms with van der Waals surface area (Å²) in [7, 11) is 0. The van der Waals surface area contributed by atoms with E-state index in [2.05, 4.69) is 89.8 Å². The Kier molecular flexibility index (Phi) is 7.54. The Morgan fingerprint density at radius 1 is 0.354 bits per heavy atom. The van der Waals surface area contributed by atoms with E-state index in [0.717, 1.165) is 38.9 Å². The molecule has 8 rings (SSSR count). The predicted octanol–water partition coefficient (Wildman–Crippen LogP) is 11.6. The molecule has 0 spiro atoms. The topological polar surface area (TPSA) is 43.0 Å². The molecular weight excluding hydrogens is 585 g/mol. The number of hydrogen-bond donors (Lipinski definition) is 0. The van der Waals surface area contributed by atoms with Gasteiger partial charge < -0.3 is 0 Å². The van der Waals surface area contributed by atoms with E-state index in [-0.39, 0.29) is 0 Å². The minimum Gasteiger partial charge on any atom is -0.238 e. The molecule has 7 aromatic carbocycles. The van der Waals surface area contributed by atoms with E-state index in [1.807, 2.05) is 84.9 Å². The first kappa shape index (κ1) is 28.8. The lowest BCUT2D eigenvalue weighted by Gasteiger charge is -2.11. The summed E-state index contributed by atoms with van der Waals surface area (Å²) >= 11 is 0. The van der Waals surface area contributed by atoms with Crippen molar-refractivity contribution >= 4 is 16.5 Å². The van der Waals surface area contributed by atoms with Crippen LogP contribution in [0.15, 0.2) is 170 Å². The average Bonchev–Trinajstić information content (AvgIpc) is 3.18. The first-order valence-electron chi connectivity index (χ1n) is 15.8. The summed E-state index contributed by atoms with van der Waals surface area (Å²) in [4.78, 5) is 18.1. The molecular formula is C44H28N4. The zero-order valence-corrected chi connectivity index (χ0v) is 26.0. The van der Waals surface area contributed by atoms with Crippen LogP contribution in [-0.4, -0.2) is 15.0 Å². The van der Waals surface area contributed by atoms with Crippen molar-refractivity contribution in [3.8, 4) is 67.5 Å². The van der Waals surface area contributed by atoms with Gasteiger partial charge in [-0.05, 0) is 50.2 Å². The van der Waals surface area contributed by atoms with E-state index in [1.54, 1.807) is 0 Å². The molecule has 0 fully saturated rings. The van der Waals surface area contributed by atoms with Crippen LogP contribution in [0.3, 0.4) is 0 Å². The van der Waals surface area contributed by atoms with Crippen molar-refractivity contribution in [2.24, 2.45) is 0 Å². The Bertz CT molecular complexity index is 2350. The Morgan fingerprint density at radius 3 is 1.33 bits per heavy atom. The van der Waals surface area contributed by atoms with Crippen LogP contribution in [0.5, 0.6) is 0 Å². The maximum Gasteiger partial charge on any atom is 0.187 e. The first-order chi connectivity index (χ1) is 23.7. The molecule has 0 N–H and O–H groups in total. The summed E-state index contributed by atoms with van der Waals surface area (Å²) in [6, 6.07) is 58.0. The molecule has 0 bridgehead atoms. The van der Waals surface area contributed by atoms with Crippen molar-refractivity contribution in [1.82, 2.24) is 15.0 Å². The molecule has 8 aromatic rings. The van der Waals surface area contributed by atoms with Gasteiger partial charge in [-0.2, -0.15) is 0 Å². The molecule has 0 saturated carbocycles. The molecule has 0 aliphatic heterocycles. The van der Waals surface area contributed by atoms with E-state index < -0.39 is 0 Å². The zero-order valence-electron chi connectivity index (χ0n) is 26.0. The lowest BCUT2D eigenvalue weighted by Crippen LogP contribution is -2.00. The molecule has 4 heteroatoms. The number of nitrogens with zero attached hydrogens (tertiary/aromatic N) is 4. The van der Waals surface area contributed by atoms with E-state index in [9.17, 15) is 0 Å². The molecule has 1 heterocycles. The van der Waals surface area contributed by atoms with Crippen LogP contribution in [0, 0.1) is 6.57 Å². The normalized spacial score (nSPS) is 10.9. The fourth-order valence-corrected chi connectivity index (χ4v) is 6.04. The second-order valence-electron chi connectivity index (χ2n) is 11.6. The molecule has 0 saturated heterocycles. The molecule has 48 heavy (non-hydrogen) atoms. The van der Waals surface area contributed by atoms with Crippen LogP contribution in [0.1, 0.15) is 0 Å². The molecule has 0 atom stereocenters. The summed E-state index contributed by atoms with van der Waals surface area (Å²) in [5, 5.41) is 2.38. The minimum absolute atomic E-state index is 0.642. The van der Waals surface area contributed by atoms with Crippen LogP contribution in [0.2, 0.25) is 0 Å². The number of fused-ring (bicyclic) bond motifs is 1. The molecule has 0 amide bonds. The molecule has 0 aliphatic carbocycles. The molecule has 0 aliphatic rings. The van der Waals surface area contributed by atoms with Gasteiger partial charge >= 0.3 is 0 Å². The Balaban J connectivity index is 1.10. The van der Waals surface area contributed by atoms with Crippen molar-refractivity contribution < 1.29 is 0 Å². The fraction of sp³-hybridized carbons (Fsp3) is 0. The van der Waals surface area contributed by atoms with Gasteiger partial charge in [-0.1, -0.05) is 164 Å². The molecule has 1 aromatic heterocycles. The van der Waals surface area contributed by atoms with E-state index in [1.165, 1.54) is 21.9 Å². The third-order valence-corrected chi connectivity index (χ3v) is 8.58. The molecule has 0 radical (unpaired) electrons. The van der Waals surface area contributed by atoms with E-state index >= 15 is 0 Å². The highest BCUT2D eigenvalue weighted by molar-refractivity contribution is 5.99. The largest absolute Gasteiger partial charge is 0.238 e. The van der Waals surface area contributed by atoms with Crippen LogP contribution in [0.4, 0.5) is 5.69 Å². The van der Waals surface area contributed by atoms with Gasteiger partial charge in [0.25, 0.3) is 0 Å². The average molecular weight is 613 g/mol. The summed E-state index contributed by atoms with van der Waals surface area (Å²) in [6.45, 7) is 7.18. The quantitative estimate of drug-likeness (QED) is 0.175. The first-order valence-corrected chi connectivity index (χ1v) is 15.8. The minimum atomic E-state index is 0.642. The van der Waals surface area contributed by atoms with Gasteiger partial charge in [0.2, 0.25) is 0 Å². The van der Waals surface area contributed by atoms with Crippen molar-refractivity contribution in [3.63, 3.8) is 0 Å². The molecule has 0 unspecified atom stereocenters. The third kappa shape index (κ3) is 5.73. The van der Waals surface area contributed by atoms with Gasteiger partial charge in [-0.25, -0.2) is 19.8 Å². The van der Waals surface area contributed by atoms with Gasteiger partial charge in [0.1, 0.15) is 0 Å². The van der Waals surface area contributed by atoms with E-state index in [4.69, 9.17) is 21.5 Å². The number of aromatic nitrogens is 3. The second-order valence-corrected chi connectivity index (χ2v) is 11.6. The van der Waals surface area contributed by atoms with Crippen LogP contribution in [0.25, 0.3) is 83.2 Å². The van der Waals surface area contributed by atoms with Crippen molar-refractivity contribution in [1.29, 1.82) is 0 Å². The number of benzene rings is 7. The van der Waals surface area contributed by atoms with Gasteiger partial charge in [0, 0.05) is 16.7 Å². The monoisotopic (exact) mass is 612 g/mol. The Hall–Kier alpha value is -6.70. The Morgan fingerprint density at radius 2 is 0.792 bits per heavy atom. The maximum atomic E-state index is 7.18.